The minimum absolute atomic E-state index is 0.178. The second kappa shape index (κ2) is 8.79. The first-order chi connectivity index (χ1) is 11.3. The number of amides is 2. The third kappa shape index (κ3) is 6.07. The van der Waals surface area contributed by atoms with Crippen LogP contribution in [0.5, 0.6) is 0 Å². The van der Waals surface area contributed by atoms with Crippen LogP contribution >= 0.6 is 0 Å². The molecule has 0 spiro atoms. The molecule has 1 rings (SSSR count). The molecular weight excluding hydrogens is 314 g/mol. The van der Waals surface area contributed by atoms with E-state index in [4.69, 9.17) is 23.0 Å². The first-order valence-corrected chi connectivity index (χ1v) is 6.77. The molecule has 1 atom stereocenters. The summed E-state index contributed by atoms with van der Waals surface area (Å²) in [6, 6.07) is 5.33. The van der Waals surface area contributed by atoms with Gasteiger partial charge in [0.15, 0.2) is 5.96 Å². The highest BCUT2D eigenvalue weighted by molar-refractivity contribution is 6.01. The lowest BCUT2D eigenvalue weighted by Crippen LogP contribution is -2.42. The standard InChI is InChI=1S/C15H17N5O4/c1-2-9(7-13(22)23)19-12(21)8-18-14(24)10-5-3-4-6-11(10)20-15(16)17/h1,3-6,9H,7-8H2,(H,18,24)(H,19,21)(H,22,23)(H4,16,17,20)/t9-/m0/s1. The molecule has 126 valence electrons. The molecule has 0 fully saturated rings. The van der Waals surface area contributed by atoms with Crippen LogP contribution in [-0.2, 0) is 9.59 Å². The van der Waals surface area contributed by atoms with Gasteiger partial charge in [-0.3, -0.25) is 14.4 Å². The summed E-state index contributed by atoms with van der Waals surface area (Å²) in [5, 5.41) is 13.3. The Bertz CT molecular complexity index is 704. The maximum absolute atomic E-state index is 12.1. The Kier molecular flexibility index (Phi) is 6.78. The summed E-state index contributed by atoms with van der Waals surface area (Å²) >= 11 is 0. The minimum Gasteiger partial charge on any atom is -0.481 e. The van der Waals surface area contributed by atoms with E-state index in [0.717, 1.165) is 0 Å². The van der Waals surface area contributed by atoms with E-state index in [2.05, 4.69) is 21.5 Å². The lowest BCUT2D eigenvalue weighted by Gasteiger charge is -2.12. The number of hydrogen-bond donors (Lipinski definition) is 5. The fraction of sp³-hybridized carbons (Fsp3) is 0.200. The topological polar surface area (TPSA) is 160 Å². The number of hydrogen-bond acceptors (Lipinski definition) is 4. The largest absolute Gasteiger partial charge is 0.481 e. The number of rotatable bonds is 7. The quantitative estimate of drug-likeness (QED) is 0.242. The number of carboxylic acid groups (broad SMARTS) is 1. The number of terminal acetylenes is 1. The van der Waals surface area contributed by atoms with Gasteiger partial charge in [-0.25, -0.2) is 4.99 Å². The Labute approximate surface area is 138 Å². The SMILES string of the molecule is C#C[C@@H](CC(=O)O)NC(=O)CNC(=O)c1ccccc1N=C(N)N. The van der Waals surface area contributed by atoms with E-state index < -0.39 is 30.2 Å². The van der Waals surface area contributed by atoms with E-state index >= 15 is 0 Å². The second-order valence-corrected chi connectivity index (χ2v) is 4.62. The third-order valence-corrected chi connectivity index (χ3v) is 2.72. The molecule has 0 bridgehead atoms. The molecule has 1 aromatic rings. The first kappa shape index (κ1) is 18.5. The number of para-hydroxylation sites is 1. The Balaban J connectivity index is 2.67. The number of carbonyl (C=O) groups excluding carboxylic acids is 2. The molecule has 1 aromatic carbocycles. The van der Waals surface area contributed by atoms with Crippen molar-refractivity contribution in [3.05, 3.63) is 29.8 Å². The molecule has 0 aliphatic rings. The zero-order chi connectivity index (χ0) is 18.1. The Morgan fingerprint density at radius 3 is 2.54 bits per heavy atom. The van der Waals surface area contributed by atoms with Gasteiger partial charge in [0, 0.05) is 0 Å². The lowest BCUT2D eigenvalue weighted by molar-refractivity contribution is -0.137. The van der Waals surface area contributed by atoms with Crippen molar-refractivity contribution in [3.63, 3.8) is 0 Å². The maximum Gasteiger partial charge on any atom is 0.306 e. The van der Waals surface area contributed by atoms with Gasteiger partial charge in [-0.1, -0.05) is 18.1 Å². The predicted molar refractivity (Wildman–Crippen MR) is 87.3 cm³/mol. The van der Waals surface area contributed by atoms with E-state index in [1.807, 2.05) is 0 Å². The molecule has 0 unspecified atom stereocenters. The van der Waals surface area contributed by atoms with E-state index in [1.165, 1.54) is 12.1 Å². The van der Waals surface area contributed by atoms with Crippen LogP contribution in [0.4, 0.5) is 5.69 Å². The predicted octanol–water partition coefficient (Wildman–Crippen LogP) is -1.09. The van der Waals surface area contributed by atoms with Gasteiger partial charge in [-0.2, -0.15) is 0 Å². The van der Waals surface area contributed by atoms with Crippen molar-refractivity contribution in [2.24, 2.45) is 16.5 Å². The van der Waals surface area contributed by atoms with Gasteiger partial charge in [-0.15, -0.1) is 6.42 Å². The summed E-state index contributed by atoms with van der Waals surface area (Å²) in [4.78, 5) is 38.2. The zero-order valence-electron chi connectivity index (χ0n) is 12.7. The van der Waals surface area contributed by atoms with Gasteiger partial charge in [0.25, 0.3) is 5.91 Å². The molecular formula is C15H17N5O4. The van der Waals surface area contributed by atoms with Crippen LogP contribution in [0, 0.1) is 12.3 Å². The molecule has 0 radical (unpaired) electrons. The van der Waals surface area contributed by atoms with E-state index in [9.17, 15) is 14.4 Å². The normalized spacial score (nSPS) is 10.8. The monoisotopic (exact) mass is 331 g/mol. The summed E-state index contributed by atoms with van der Waals surface area (Å²) in [6.45, 7) is -0.382. The highest BCUT2D eigenvalue weighted by atomic mass is 16.4. The molecule has 9 nitrogen and oxygen atoms in total. The Hall–Kier alpha value is -3.54. The summed E-state index contributed by atoms with van der Waals surface area (Å²) in [5.74, 6) is -0.398. The summed E-state index contributed by atoms with van der Waals surface area (Å²) in [7, 11) is 0. The molecule has 0 heterocycles. The van der Waals surface area contributed by atoms with Crippen LogP contribution in [0.15, 0.2) is 29.3 Å². The molecule has 7 N–H and O–H groups in total. The number of nitrogens with two attached hydrogens (primary N) is 2. The highest BCUT2D eigenvalue weighted by Gasteiger charge is 2.15. The summed E-state index contributed by atoms with van der Waals surface area (Å²) in [6.07, 6.45) is 4.72. The van der Waals surface area contributed by atoms with Crippen LogP contribution in [0.1, 0.15) is 16.8 Å². The van der Waals surface area contributed by atoms with Crippen molar-refractivity contribution in [2.75, 3.05) is 6.54 Å². The van der Waals surface area contributed by atoms with Crippen molar-refractivity contribution >= 4 is 29.4 Å². The Morgan fingerprint density at radius 1 is 1.29 bits per heavy atom. The molecule has 2 amide bonds. The average Bonchev–Trinajstić information content (AvgIpc) is 2.51. The van der Waals surface area contributed by atoms with Crippen LogP contribution in [-0.4, -0.2) is 41.4 Å². The van der Waals surface area contributed by atoms with Gasteiger partial charge in [-0.05, 0) is 12.1 Å². The molecule has 0 saturated heterocycles. The van der Waals surface area contributed by atoms with Gasteiger partial charge in [0.1, 0.15) is 6.04 Å². The van der Waals surface area contributed by atoms with Gasteiger partial charge in [0.2, 0.25) is 5.91 Å². The number of nitrogens with zero attached hydrogens (tertiary/aromatic N) is 1. The van der Waals surface area contributed by atoms with Gasteiger partial charge >= 0.3 is 5.97 Å². The number of carbonyl (C=O) groups is 3. The number of benzene rings is 1. The van der Waals surface area contributed by atoms with Crippen molar-refractivity contribution in [3.8, 4) is 12.3 Å². The van der Waals surface area contributed by atoms with Crippen molar-refractivity contribution in [1.82, 2.24) is 10.6 Å². The summed E-state index contributed by atoms with van der Waals surface area (Å²) < 4.78 is 0. The number of aliphatic imine (C=N–C) groups is 1. The molecule has 0 aromatic heterocycles. The third-order valence-electron chi connectivity index (χ3n) is 2.72. The van der Waals surface area contributed by atoms with Crippen LogP contribution < -0.4 is 22.1 Å². The lowest BCUT2D eigenvalue weighted by atomic mass is 10.1. The van der Waals surface area contributed by atoms with Crippen molar-refractivity contribution in [1.29, 1.82) is 0 Å². The highest BCUT2D eigenvalue weighted by Crippen LogP contribution is 2.17. The van der Waals surface area contributed by atoms with Gasteiger partial charge < -0.3 is 27.2 Å². The molecule has 0 aliphatic carbocycles. The summed E-state index contributed by atoms with van der Waals surface area (Å²) in [5.41, 5.74) is 11.0. The number of guanidine groups is 1. The number of nitrogens with one attached hydrogen (secondary N) is 2. The molecule has 9 heteroatoms. The second-order valence-electron chi connectivity index (χ2n) is 4.62. The number of carboxylic acids is 1. The van der Waals surface area contributed by atoms with Crippen molar-refractivity contribution < 1.29 is 19.5 Å². The first-order valence-electron chi connectivity index (χ1n) is 6.77. The average molecular weight is 331 g/mol. The van der Waals surface area contributed by atoms with Gasteiger partial charge in [0.05, 0.1) is 24.2 Å². The number of aliphatic carboxylic acids is 1. The van der Waals surface area contributed by atoms with E-state index in [1.54, 1.807) is 12.1 Å². The molecule has 0 aliphatic heterocycles. The minimum atomic E-state index is -1.14. The fourth-order valence-electron chi connectivity index (χ4n) is 1.73. The van der Waals surface area contributed by atoms with Crippen molar-refractivity contribution in [2.45, 2.75) is 12.5 Å². The Morgan fingerprint density at radius 2 is 1.96 bits per heavy atom. The van der Waals surface area contributed by atoms with E-state index in [0.29, 0.717) is 0 Å². The van der Waals surface area contributed by atoms with Crippen LogP contribution in [0.2, 0.25) is 0 Å². The molecule has 0 saturated carbocycles. The van der Waals surface area contributed by atoms with Crippen LogP contribution in [0.25, 0.3) is 0 Å². The maximum atomic E-state index is 12.1. The molecule has 24 heavy (non-hydrogen) atoms. The fourth-order valence-corrected chi connectivity index (χ4v) is 1.73. The van der Waals surface area contributed by atoms with E-state index in [-0.39, 0.29) is 23.8 Å². The van der Waals surface area contributed by atoms with Crippen LogP contribution in [0.3, 0.4) is 0 Å². The zero-order valence-corrected chi connectivity index (χ0v) is 12.7. The smallest absolute Gasteiger partial charge is 0.306 e.